The number of thiophene rings is 1. The molecule has 1 aromatic heterocycles. The summed E-state index contributed by atoms with van der Waals surface area (Å²) in [5.41, 5.74) is 1.37. The van der Waals surface area contributed by atoms with E-state index in [-0.39, 0.29) is 0 Å². The van der Waals surface area contributed by atoms with Crippen molar-refractivity contribution < 1.29 is 4.74 Å². The van der Waals surface area contributed by atoms with Gasteiger partial charge in [-0.2, -0.15) is 0 Å². The van der Waals surface area contributed by atoms with Crippen LogP contribution in [0.4, 0.5) is 0 Å². The van der Waals surface area contributed by atoms with Gasteiger partial charge in [0.15, 0.2) is 0 Å². The van der Waals surface area contributed by atoms with Crippen LogP contribution < -0.4 is 4.74 Å². The van der Waals surface area contributed by atoms with Crippen LogP contribution in [-0.2, 0) is 6.42 Å². The van der Waals surface area contributed by atoms with Crippen molar-refractivity contribution in [3.05, 3.63) is 27.5 Å². The molecular weight excluding hydrogens is 260 g/mol. The highest BCUT2D eigenvalue weighted by Gasteiger charge is 2.09. The Labute approximate surface area is 95.8 Å². The van der Waals surface area contributed by atoms with Crippen LogP contribution in [0.15, 0.2) is 22.0 Å². The average Bonchev–Trinajstić information content (AvgIpc) is 2.60. The van der Waals surface area contributed by atoms with Crippen molar-refractivity contribution in [3.8, 4) is 5.75 Å². The third-order valence-corrected chi connectivity index (χ3v) is 4.10. The van der Waals surface area contributed by atoms with Crippen LogP contribution >= 0.6 is 27.3 Å². The van der Waals surface area contributed by atoms with E-state index in [1.807, 2.05) is 0 Å². The van der Waals surface area contributed by atoms with Crippen LogP contribution in [0.2, 0.25) is 0 Å². The van der Waals surface area contributed by atoms with Gasteiger partial charge in [0, 0.05) is 19.9 Å². The second-order valence-corrected chi connectivity index (χ2v) is 4.79. The van der Waals surface area contributed by atoms with Gasteiger partial charge < -0.3 is 4.74 Å². The second-order valence-electron chi connectivity index (χ2n) is 3.06. The molecule has 0 aliphatic rings. The molecule has 0 N–H and O–H groups in total. The molecule has 0 saturated heterocycles. The van der Waals surface area contributed by atoms with E-state index in [0.717, 1.165) is 12.2 Å². The number of fused-ring (bicyclic) bond motifs is 1. The average molecular weight is 271 g/mol. The van der Waals surface area contributed by atoms with E-state index in [4.69, 9.17) is 4.74 Å². The molecule has 0 bridgehead atoms. The Balaban J connectivity index is 2.76. The molecular formula is C11H11BrOS. The Hall–Kier alpha value is -0.540. The maximum atomic E-state index is 5.30. The van der Waals surface area contributed by atoms with E-state index in [9.17, 15) is 0 Å². The first kappa shape index (κ1) is 9.99. The predicted octanol–water partition coefficient (Wildman–Crippen LogP) is 4.23. The summed E-state index contributed by atoms with van der Waals surface area (Å²) in [7, 11) is 1.72. The molecule has 74 valence electrons. The van der Waals surface area contributed by atoms with Gasteiger partial charge in [-0.25, -0.2) is 0 Å². The summed E-state index contributed by atoms with van der Waals surface area (Å²) in [6, 6.07) is 4.20. The van der Waals surface area contributed by atoms with Crippen molar-refractivity contribution in [1.29, 1.82) is 0 Å². The maximum Gasteiger partial charge on any atom is 0.137 e. The summed E-state index contributed by atoms with van der Waals surface area (Å²) < 4.78 is 7.83. The van der Waals surface area contributed by atoms with Gasteiger partial charge >= 0.3 is 0 Å². The van der Waals surface area contributed by atoms with Crippen molar-refractivity contribution >= 4 is 37.4 Å². The monoisotopic (exact) mass is 270 g/mol. The quantitative estimate of drug-likeness (QED) is 0.794. The molecule has 0 radical (unpaired) electrons. The van der Waals surface area contributed by atoms with Gasteiger partial charge in [-0.05, 0) is 24.1 Å². The van der Waals surface area contributed by atoms with Crippen LogP contribution in [0.5, 0.6) is 5.75 Å². The van der Waals surface area contributed by atoms with Crippen molar-refractivity contribution in [2.45, 2.75) is 13.3 Å². The highest BCUT2D eigenvalue weighted by atomic mass is 79.9. The lowest BCUT2D eigenvalue weighted by atomic mass is 10.1. The molecule has 0 aliphatic heterocycles. The van der Waals surface area contributed by atoms with E-state index < -0.39 is 0 Å². The zero-order valence-corrected chi connectivity index (χ0v) is 10.5. The number of rotatable bonds is 2. The second kappa shape index (κ2) is 3.91. The number of aryl methyl sites for hydroxylation is 1. The van der Waals surface area contributed by atoms with Crippen molar-refractivity contribution in [1.82, 2.24) is 0 Å². The molecule has 2 aromatic rings. The molecule has 14 heavy (non-hydrogen) atoms. The lowest BCUT2D eigenvalue weighted by Crippen LogP contribution is -1.84. The topological polar surface area (TPSA) is 9.23 Å². The summed E-state index contributed by atoms with van der Waals surface area (Å²) >= 11 is 5.32. The molecule has 0 saturated carbocycles. The molecule has 1 aromatic carbocycles. The summed E-state index contributed by atoms with van der Waals surface area (Å²) in [6.07, 6.45) is 1.04. The van der Waals surface area contributed by atoms with Crippen LogP contribution in [-0.4, -0.2) is 7.11 Å². The van der Waals surface area contributed by atoms with E-state index in [1.165, 1.54) is 20.1 Å². The minimum absolute atomic E-state index is 0.979. The fraction of sp³-hybridized carbons (Fsp3) is 0.273. The number of hydrogen-bond acceptors (Lipinski definition) is 2. The molecule has 1 nitrogen and oxygen atoms in total. The minimum Gasteiger partial charge on any atom is -0.495 e. The van der Waals surface area contributed by atoms with Gasteiger partial charge in [-0.1, -0.05) is 22.9 Å². The molecule has 0 unspecified atom stereocenters. The lowest BCUT2D eigenvalue weighted by Gasteiger charge is -2.03. The largest absolute Gasteiger partial charge is 0.495 e. The normalized spacial score (nSPS) is 10.8. The molecule has 3 heteroatoms. The van der Waals surface area contributed by atoms with E-state index in [2.05, 4.69) is 40.4 Å². The first-order chi connectivity index (χ1) is 6.77. The fourth-order valence-corrected chi connectivity index (χ4v) is 3.48. The molecule has 1 heterocycles. The molecule has 0 aliphatic carbocycles. The summed E-state index contributed by atoms with van der Waals surface area (Å²) in [5, 5.41) is 3.29. The van der Waals surface area contributed by atoms with E-state index >= 15 is 0 Å². The number of halogens is 1. The summed E-state index contributed by atoms with van der Waals surface area (Å²) in [5.74, 6) is 0.979. The highest BCUT2D eigenvalue weighted by Crippen LogP contribution is 2.37. The maximum absolute atomic E-state index is 5.30. The SMILES string of the molecule is CCc1c(Br)ccc2c(OC)csc12. The van der Waals surface area contributed by atoms with E-state index in [1.54, 1.807) is 18.4 Å². The highest BCUT2D eigenvalue weighted by molar-refractivity contribution is 9.10. The first-order valence-corrected chi connectivity index (χ1v) is 6.17. The van der Waals surface area contributed by atoms with Crippen molar-refractivity contribution in [2.75, 3.05) is 7.11 Å². The zero-order valence-electron chi connectivity index (χ0n) is 8.13. The van der Waals surface area contributed by atoms with Gasteiger partial charge in [0.2, 0.25) is 0 Å². The third kappa shape index (κ3) is 1.44. The molecule has 0 spiro atoms. The van der Waals surface area contributed by atoms with Crippen LogP contribution in [0.25, 0.3) is 10.1 Å². The van der Waals surface area contributed by atoms with Gasteiger partial charge in [-0.15, -0.1) is 11.3 Å². The Morgan fingerprint density at radius 2 is 2.21 bits per heavy atom. The number of ether oxygens (including phenoxy) is 1. The smallest absolute Gasteiger partial charge is 0.137 e. The summed E-state index contributed by atoms with van der Waals surface area (Å²) in [4.78, 5) is 0. The van der Waals surface area contributed by atoms with E-state index in [0.29, 0.717) is 0 Å². The summed E-state index contributed by atoms with van der Waals surface area (Å²) in [6.45, 7) is 2.17. The van der Waals surface area contributed by atoms with Gasteiger partial charge in [0.05, 0.1) is 7.11 Å². The van der Waals surface area contributed by atoms with Crippen LogP contribution in [0.3, 0.4) is 0 Å². The van der Waals surface area contributed by atoms with Crippen molar-refractivity contribution in [3.63, 3.8) is 0 Å². The Morgan fingerprint density at radius 1 is 1.43 bits per heavy atom. The standard InChI is InChI=1S/C11H11BrOS/c1-3-7-9(12)5-4-8-10(13-2)6-14-11(7)8/h4-6H,3H2,1-2H3. The Kier molecular flexibility index (Phi) is 2.79. The molecule has 2 rings (SSSR count). The molecule has 0 amide bonds. The van der Waals surface area contributed by atoms with Gasteiger partial charge in [-0.3, -0.25) is 0 Å². The fourth-order valence-electron chi connectivity index (χ4n) is 1.60. The number of hydrogen-bond donors (Lipinski definition) is 0. The Morgan fingerprint density at radius 3 is 2.86 bits per heavy atom. The van der Waals surface area contributed by atoms with Gasteiger partial charge in [0.1, 0.15) is 5.75 Å². The van der Waals surface area contributed by atoms with Gasteiger partial charge in [0.25, 0.3) is 0 Å². The number of methoxy groups -OCH3 is 1. The molecule has 0 fully saturated rings. The predicted molar refractivity (Wildman–Crippen MR) is 65.5 cm³/mol. The zero-order chi connectivity index (χ0) is 10.1. The first-order valence-electron chi connectivity index (χ1n) is 4.50. The molecule has 0 atom stereocenters. The van der Waals surface area contributed by atoms with Crippen LogP contribution in [0, 0.1) is 0 Å². The Bertz CT molecular complexity index is 462. The van der Waals surface area contributed by atoms with Crippen molar-refractivity contribution in [2.24, 2.45) is 0 Å². The lowest BCUT2D eigenvalue weighted by molar-refractivity contribution is 0.421. The third-order valence-electron chi connectivity index (χ3n) is 2.33. The van der Waals surface area contributed by atoms with Crippen LogP contribution in [0.1, 0.15) is 12.5 Å². The minimum atomic E-state index is 0.979. The number of benzene rings is 1.